The molecule has 1 heterocycles. The van der Waals surface area contributed by atoms with E-state index < -0.39 is 0 Å². The molecule has 3 heteroatoms. The fraction of sp³-hybridized carbons (Fsp3) is 0.118. The van der Waals surface area contributed by atoms with Gasteiger partial charge in [-0.1, -0.05) is 40.9 Å². The summed E-state index contributed by atoms with van der Waals surface area (Å²) in [6, 6.07) is 16.2. The van der Waals surface area contributed by atoms with Crippen LogP contribution in [-0.4, -0.2) is 4.98 Å². The molecule has 1 N–H and O–H groups in total. The number of aryl methyl sites for hydroxylation is 2. The third-order valence-corrected chi connectivity index (χ3v) is 3.55. The first kappa shape index (κ1) is 12.9. The predicted octanol–water partition coefficient (Wildman–Crippen LogP) is 5.25. The molecule has 0 aliphatic heterocycles. The summed E-state index contributed by atoms with van der Waals surface area (Å²) in [5.74, 6) is 0.759. The number of nitrogens with zero attached hydrogens (tertiary/aromatic N) is 1. The highest BCUT2D eigenvalue weighted by atomic mass is 35.5. The summed E-state index contributed by atoms with van der Waals surface area (Å²) >= 11 is 6.35. The van der Waals surface area contributed by atoms with Crippen molar-refractivity contribution in [3.05, 3.63) is 64.7 Å². The van der Waals surface area contributed by atoms with Crippen LogP contribution in [0.15, 0.2) is 48.5 Å². The molecule has 0 unspecified atom stereocenters. The van der Waals surface area contributed by atoms with E-state index in [1.807, 2.05) is 37.3 Å². The summed E-state index contributed by atoms with van der Waals surface area (Å²) in [4.78, 5) is 4.60. The SMILES string of the molecule is Cc1ccc(Nc2cc(Cl)c3cc(C)ccc3n2)cc1. The van der Waals surface area contributed by atoms with Gasteiger partial charge in [0.2, 0.25) is 0 Å². The number of aromatic nitrogens is 1. The maximum atomic E-state index is 6.35. The minimum atomic E-state index is 0.716. The maximum absolute atomic E-state index is 6.35. The molecule has 20 heavy (non-hydrogen) atoms. The molecule has 2 aromatic carbocycles. The molecular weight excluding hydrogens is 268 g/mol. The van der Waals surface area contributed by atoms with Crippen molar-refractivity contribution in [3.63, 3.8) is 0 Å². The number of anilines is 2. The number of benzene rings is 2. The largest absolute Gasteiger partial charge is 0.340 e. The number of hydrogen-bond acceptors (Lipinski definition) is 2. The highest BCUT2D eigenvalue weighted by molar-refractivity contribution is 6.35. The fourth-order valence-corrected chi connectivity index (χ4v) is 2.40. The van der Waals surface area contributed by atoms with Crippen LogP contribution >= 0.6 is 11.6 Å². The molecule has 2 nitrogen and oxygen atoms in total. The molecule has 0 aliphatic rings. The lowest BCUT2D eigenvalue weighted by Gasteiger charge is -2.09. The number of fused-ring (bicyclic) bond motifs is 1. The van der Waals surface area contributed by atoms with Crippen LogP contribution in [0.4, 0.5) is 11.5 Å². The second-order valence-corrected chi connectivity index (χ2v) is 5.41. The number of hydrogen-bond donors (Lipinski definition) is 1. The molecule has 0 saturated heterocycles. The Kier molecular flexibility index (Phi) is 3.33. The normalized spacial score (nSPS) is 10.8. The number of pyridine rings is 1. The van der Waals surface area contributed by atoms with Crippen molar-refractivity contribution < 1.29 is 0 Å². The van der Waals surface area contributed by atoms with Crippen LogP contribution in [0, 0.1) is 13.8 Å². The first-order chi connectivity index (χ1) is 9.61. The maximum Gasteiger partial charge on any atom is 0.132 e. The van der Waals surface area contributed by atoms with Crippen LogP contribution in [0.1, 0.15) is 11.1 Å². The van der Waals surface area contributed by atoms with Crippen LogP contribution in [-0.2, 0) is 0 Å². The molecule has 0 radical (unpaired) electrons. The lowest BCUT2D eigenvalue weighted by atomic mass is 10.1. The van der Waals surface area contributed by atoms with Gasteiger partial charge in [0.15, 0.2) is 0 Å². The lowest BCUT2D eigenvalue weighted by Crippen LogP contribution is -1.94. The first-order valence-electron chi connectivity index (χ1n) is 6.52. The summed E-state index contributed by atoms with van der Waals surface area (Å²) in [5.41, 5.74) is 4.32. The van der Waals surface area contributed by atoms with E-state index in [2.05, 4.69) is 35.4 Å². The average molecular weight is 283 g/mol. The number of halogens is 1. The van der Waals surface area contributed by atoms with Crippen molar-refractivity contribution in [2.45, 2.75) is 13.8 Å². The highest BCUT2D eigenvalue weighted by Crippen LogP contribution is 2.27. The minimum Gasteiger partial charge on any atom is -0.340 e. The van der Waals surface area contributed by atoms with Crippen LogP contribution in [0.25, 0.3) is 10.9 Å². The number of nitrogens with one attached hydrogen (secondary N) is 1. The van der Waals surface area contributed by atoms with Crippen molar-refractivity contribution in [2.24, 2.45) is 0 Å². The molecule has 0 spiro atoms. The van der Waals surface area contributed by atoms with E-state index in [9.17, 15) is 0 Å². The van der Waals surface area contributed by atoms with E-state index >= 15 is 0 Å². The van der Waals surface area contributed by atoms with Gasteiger partial charge in [-0.05, 0) is 38.1 Å². The quantitative estimate of drug-likeness (QED) is 0.694. The van der Waals surface area contributed by atoms with Gasteiger partial charge in [-0.15, -0.1) is 0 Å². The Hall–Kier alpha value is -2.06. The zero-order chi connectivity index (χ0) is 14.1. The van der Waals surface area contributed by atoms with E-state index in [0.29, 0.717) is 5.02 Å². The molecule has 1 aromatic heterocycles. The van der Waals surface area contributed by atoms with Crippen LogP contribution in [0.5, 0.6) is 0 Å². The third kappa shape index (κ3) is 2.61. The molecule has 3 rings (SSSR count). The zero-order valence-corrected chi connectivity index (χ0v) is 12.2. The average Bonchev–Trinajstić information content (AvgIpc) is 2.42. The van der Waals surface area contributed by atoms with Gasteiger partial charge in [-0.3, -0.25) is 0 Å². The van der Waals surface area contributed by atoms with E-state index in [1.54, 1.807) is 0 Å². The monoisotopic (exact) mass is 282 g/mol. The van der Waals surface area contributed by atoms with E-state index in [1.165, 1.54) is 11.1 Å². The van der Waals surface area contributed by atoms with Gasteiger partial charge >= 0.3 is 0 Å². The molecule has 100 valence electrons. The second-order valence-electron chi connectivity index (χ2n) is 5.00. The summed E-state index contributed by atoms with van der Waals surface area (Å²) in [6.07, 6.45) is 0. The van der Waals surface area contributed by atoms with Crippen LogP contribution in [0.3, 0.4) is 0 Å². The van der Waals surface area contributed by atoms with Crippen molar-refractivity contribution in [2.75, 3.05) is 5.32 Å². The Morgan fingerprint density at radius 2 is 1.60 bits per heavy atom. The highest BCUT2D eigenvalue weighted by Gasteiger charge is 2.05. The number of rotatable bonds is 2. The Morgan fingerprint density at radius 3 is 2.35 bits per heavy atom. The van der Waals surface area contributed by atoms with Crippen molar-refractivity contribution in [1.82, 2.24) is 4.98 Å². The molecule has 3 aromatic rings. The Labute approximate surface area is 123 Å². The first-order valence-corrected chi connectivity index (χ1v) is 6.90. The fourth-order valence-electron chi connectivity index (χ4n) is 2.15. The Morgan fingerprint density at radius 1 is 0.900 bits per heavy atom. The van der Waals surface area contributed by atoms with Gasteiger partial charge in [0.25, 0.3) is 0 Å². The van der Waals surface area contributed by atoms with Crippen LogP contribution in [0.2, 0.25) is 5.02 Å². The van der Waals surface area contributed by atoms with Gasteiger partial charge in [-0.25, -0.2) is 4.98 Å². The standard InChI is InChI=1S/C17H15ClN2/c1-11-3-6-13(7-4-11)19-17-10-15(18)14-9-12(2)5-8-16(14)20-17/h3-10H,1-2H3,(H,19,20). The van der Waals surface area contributed by atoms with Gasteiger partial charge in [0.05, 0.1) is 10.5 Å². The van der Waals surface area contributed by atoms with Gasteiger partial charge in [0.1, 0.15) is 5.82 Å². The Balaban J connectivity index is 2.00. The Bertz CT molecular complexity index is 764. The smallest absolute Gasteiger partial charge is 0.132 e. The van der Waals surface area contributed by atoms with Crippen LogP contribution < -0.4 is 5.32 Å². The van der Waals surface area contributed by atoms with Gasteiger partial charge in [0, 0.05) is 17.1 Å². The van der Waals surface area contributed by atoms with Crippen molar-refractivity contribution >= 4 is 34.0 Å². The summed E-state index contributed by atoms with van der Waals surface area (Å²) in [6.45, 7) is 4.12. The summed E-state index contributed by atoms with van der Waals surface area (Å²) in [7, 11) is 0. The van der Waals surface area contributed by atoms with Crippen molar-refractivity contribution in [3.8, 4) is 0 Å². The van der Waals surface area contributed by atoms with Gasteiger partial charge in [-0.2, -0.15) is 0 Å². The molecule has 0 fully saturated rings. The minimum absolute atomic E-state index is 0.716. The molecule has 0 amide bonds. The topological polar surface area (TPSA) is 24.9 Å². The molecule has 0 atom stereocenters. The predicted molar refractivity (Wildman–Crippen MR) is 86.0 cm³/mol. The van der Waals surface area contributed by atoms with E-state index in [4.69, 9.17) is 11.6 Å². The molecular formula is C17H15ClN2. The molecule has 0 bridgehead atoms. The van der Waals surface area contributed by atoms with Crippen molar-refractivity contribution in [1.29, 1.82) is 0 Å². The third-order valence-electron chi connectivity index (χ3n) is 3.24. The van der Waals surface area contributed by atoms with E-state index in [-0.39, 0.29) is 0 Å². The summed E-state index contributed by atoms with van der Waals surface area (Å²) < 4.78 is 0. The zero-order valence-electron chi connectivity index (χ0n) is 11.4. The van der Waals surface area contributed by atoms with Gasteiger partial charge < -0.3 is 5.32 Å². The molecule has 0 saturated carbocycles. The lowest BCUT2D eigenvalue weighted by molar-refractivity contribution is 1.36. The van der Waals surface area contributed by atoms with E-state index in [0.717, 1.165) is 22.4 Å². The summed E-state index contributed by atoms with van der Waals surface area (Å²) in [5, 5.41) is 4.99. The second kappa shape index (κ2) is 5.14. The molecule has 0 aliphatic carbocycles.